The third kappa shape index (κ3) is 1.69. The molecule has 0 spiro atoms. The van der Waals surface area contributed by atoms with E-state index in [0.29, 0.717) is 5.56 Å². The molecule has 0 fully saturated rings. The summed E-state index contributed by atoms with van der Waals surface area (Å²) in [6.07, 6.45) is 0. The number of halogens is 1. The van der Waals surface area contributed by atoms with Crippen LogP contribution in [0.4, 0.5) is 4.39 Å². The lowest BCUT2D eigenvalue weighted by Crippen LogP contribution is -2.11. The lowest BCUT2D eigenvalue weighted by molar-refractivity contribution is 0.601. The van der Waals surface area contributed by atoms with Gasteiger partial charge in [0, 0.05) is 10.4 Å². The second-order valence-corrected chi connectivity index (χ2v) is 3.99. The van der Waals surface area contributed by atoms with Crippen LogP contribution in [0.3, 0.4) is 0 Å². The fourth-order valence-corrected chi connectivity index (χ4v) is 2.09. The standard InChI is InChI=1S/C11H10FNS/c12-9-5-2-1-4-8(9)11(13)10-6-3-7-14-10/h1-7,11H,13H2/t11-/m1/s1. The predicted octanol–water partition coefficient (Wildman–Crippen LogP) is 2.94. The average molecular weight is 207 g/mol. The van der Waals surface area contributed by atoms with E-state index < -0.39 is 0 Å². The van der Waals surface area contributed by atoms with Crippen LogP contribution in [0, 0.1) is 5.82 Å². The van der Waals surface area contributed by atoms with Crippen LogP contribution in [0.15, 0.2) is 41.8 Å². The molecule has 0 aliphatic carbocycles. The molecule has 0 bridgehead atoms. The van der Waals surface area contributed by atoms with E-state index in [9.17, 15) is 4.39 Å². The molecular formula is C11H10FNS. The molecule has 14 heavy (non-hydrogen) atoms. The highest BCUT2D eigenvalue weighted by molar-refractivity contribution is 7.10. The maximum absolute atomic E-state index is 13.4. The molecule has 0 aliphatic rings. The van der Waals surface area contributed by atoms with Gasteiger partial charge in [0.1, 0.15) is 5.82 Å². The zero-order chi connectivity index (χ0) is 9.97. The fraction of sp³-hybridized carbons (Fsp3) is 0.0909. The first-order valence-electron chi connectivity index (χ1n) is 4.32. The van der Waals surface area contributed by atoms with Crippen LogP contribution in [-0.4, -0.2) is 0 Å². The first-order chi connectivity index (χ1) is 6.79. The van der Waals surface area contributed by atoms with Crippen LogP contribution < -0.4 is 5.73 Å². The Morgan fingerprint density at radius 2 is 1.93 bits per heavy atom. The Morgan fingerprint density at radius 3 is 2.57 bits per heavy atom. The van der Waals surface area contributed by atoms with Gasteiger partial charge in [-0.05, 0) is 17.5 Å². The van der Waals surface area contributed by atoms with E-state index >= 15 is 0 Å². The Labute approximate surface area is 86.0 Å². The van der Waals surface area contributed by atoms with Crippen molar-refractivity contribution < 1.29 is 4.39 Å². The van der Waals surface area contributed by atoms with Crippen LogP contribution in [0.5, 0.6) is 0 Å². The molecule has 0 saturated carbocycles. The summed E-state index contributed by atoms with van der Waals surface area (Å²) in [5.41, 5.74) is 6.48. The SMILES string of the molecule is N[C@@H](c1cccs1)c1ccccc1F. The Kier molecular flexibility index (Phi) is 2.61. The second-order valence-electron chi connectivity index (χ2n) is 3.01. The third-order valence-corrected chi connectivity index (χ3v) is 3.05. The van der Waals surface area contributed by atoms with Gasteiger partial charge in [0.2, 0.25) is 0 Å². The van der Waals surface area contributed by atoms with Crippen LogP contribution in [0.1, 0.15) is 16.5 Å². The molecule has 0 radical (unpaired) electrons. The minimum absolute atomic E-state index is 0.242. The summed E-state index contributed by atoms with van der Waals surface area (Å²) >= 11 is 1.54. The van der Waals surface area contributed by atoms with E-state index in [0.717, 1.165) is 4.88 Å². The Bertz CT molecular complexity index is 411. The molecule has 1 aromatic heterocycles. The molecule has 3 heteroatoms. The monoisotopic (exact) mass is 207 g/mol. The van der Waals surface area contributed by atoms with Crippen LogP contribution in [-0.2, 0) is 0 Å². The van der Waals surface area contributed by atoms with Crippen molar-refractivity contribution >= 4 is 11.3 Å². The van der Waals surface area contributed by atoms with Crippen molar-refractivity contribution in [1.82, 2.24) is 0 Å². The van der Waals surface area contributed by atoms with Crippen molar-refractivity contribution in [3.63, 3.8) is 0 Å². The number of hydrogen-bond donors (Lipinski definition) is 1. The lowest BCUT2D eigenvalue weighted by Gasteiger charge is -2.10. The summed E-state index contributed by atoms with van der Waals surface area (Å²) in [6.45, 7) is 0. The molecule has 1 heterocycles. The highest BCUT2D eigenvalue weighted by Gasteiger charge is 2.13. The van der Waals surface area contributed by atoms with Crippen LogP contribution in [0.25, 0.3) is 0 Å². The van der Waals surface area contributed by atoms with Crippen LogP contribution in [0.2, 0.25) is 0 Å². The van der Waals surface area contributed by atoms with Crippen molar-refractivity contribution in [1.29, 1.82) is 0 Å². The van der Waals surface area contributed by atoms with Crippen LogP contribution >= 0.6 is 11.3 Å². The Hall–Kier alpha value is -1.19. The number of benzene rings is 1. The van der Waals surface area contributed by atoms with E-state index in [4.69, 9.17) is 5.73 Å². The molecule has 0 aliphatic heterocycles. The molecule has 2 rings (SSSR count). The number of hydrogen-bond acceptors (Lipinski definition) is 2. The van der Waals surface area contributed by atoms with Gasteiger partial charge in [-0.2, -0.15) is 0 Å². The summed E-state index contributed by atoms with van der Waals surface area (Å²) in [6, 6.07) is 10.1. The van der Waals surface area contributed by atoms with Crippen molar-refractivity contribution in [2.45, 2.75) is 6.04 Å². The molecule has 1 aromatic carbocycles. The summed E-state index contributed by atoms with van der Waals surface area (Å²) in [7, 11) is 0. The summed E-state index contributed by atoms with van der Waals surface area (Å²) < 4.78 is 13.4. The number of nitrogens with two attached hydrogens (primary N) is 1. The molecule has 1 atom stereocenters. The zero-order valence-electron chi connectivity index (χ0n) is 7.48. The minimum Gasteiger partial charge on any atom is -0.320 e. The van der Waals surface area contributed by atoms with Crippen molar-refractivity contribution in [2.75, 3.05) is 0 Å². The lowest BCUT2D eigenvalue weighted by atomic mass is 10.1. The molecular weight excluding hydrogens is 197 g/mol. The van der Waals surface area contributed by atoms with Gasteiger partial charge in [0.15, 0.2) is 0 Å². The van der Waals surface area contributed by atoms with E-state index in [-0.39, 0.29) is 11.9 Å². The minimum atomic E-state index is -0.351. The molecule has 2 aromatic rings. The third-order valence-electron chi connectivity index (χ3n) is 2.09. The number of thiophene rings is 1. The van der Waals surface area contributed by atoms with Crippen molar-refractivity contribution in [3.8, 4) is 0 Å². The average Bonchev–Trinajstić information content (AvgIpc) is 2.70. The van der Waals surface area contributed by atoms with E-state index in [1.807, 2.05) is 17.5 Å². The molecule has 0 saturated heterocycles. The van der Waals surface area contributed by atoms with Gasteiger partial charge >= 0.3 is 0 Å². The summed E-state index contributed by atoms with van der Waals surface area (Å²) in [4.78, 5) is 0.982. The molecule has 0 unspecified atom stereocenters. The van der Waals surface area contributed by atoms with Gasteiger partial charge in [-0.3, -0.25) is 0 Å². The van der Waals surface area contributed by atoms with Crippen molar-refractivity contribution in [3.05, 3.63) is 58.0 Å². The first-order valence-corrected chi connectivity index (χ1v) is 5.20. The predicted molar refractivity (Wildman–Crippen MR) is 56.7 cm³/mol. The summed E-state index contributed by atoms with van der Waals surface area (Å²) in [5.74, 6) is -0.242. The highest BCUT2D eigenvalue weighted by Crippen LogP contribution is 2.25. The molecule has 0 amide bonds. The second kappa shape index (κ2) is 3.90. The van der Waals surface area contributed by atoms with Gasteiger partial charge in [-0.25, -0.2) is 4.39 Å². The quantitative estimate of drug-likeness (QED) is 0.805. The highest BCUT2D eigenvalue weighted by atomic mass is 32.1. The Morgan fingerprint density at radius 1 is 1.14 bits per heavy atom. The van der Waals surface area contributed by atoms with Gasteiger partial charge in [-0.1, -0.05) is 24.3 Å². The van der Waals surface area contributed by atoms with Gasteiger partial charge in [0.05, 0.1) is 6.04 Å². The maximum Gasteiger partial charge on any atom is 0.128 e. The van der Waals surface area contributed by atoms with Gasteiger partial charge in [-0.15, -0.1) is 11.3 Å². The Balaban J connectivity index is 2.37. The maximum atomic E-state index is 13.4. The van der Waals surface area contributed by atoms with E-state index in [2.05, 4.69) is 0 Å². The normalized spacial score (nSPS) is 12.7. The fourth-order valence-electron chi connectivity index (χ4n) is 1.35. The van der Waals surface area contributed by atoms with Crippen molar-refractivity contribution in [2.24, 2.45) is 5.73 Å². The zero-order valence-corrected chi connectivity index (χ0v) is 8.30. The molecule has 1 nitrogen and oxygen atoms in total. The number of rotatable bonds is 2. The largest absolute Gasteiger partial charge is 0.320 e. The van der Waals surface area contributed by atoms with E-state index in [1.165, 1.54) is 6.07 Å². The first kappa shape index (κ1) is 9.37. The smallest absolute Gasteiger partial charge is 0.128 e. The van der Waals surface area contributed by atoms with E-state index in [1.54, 1.807) is 29.5 Å². The van der Waals surface area contributed by atoms with Gasteiger partial charge in [0.25, 0.3) is 0 Å². The molecule has 2 N–H and O–H groups in total. The molecule has 72 valence electrons. The topological polar surface area (TPSA) is 26.0 Å². The van der Waals surface area contributed by atoms with Gasteiger partial charge < -0.3 is 5.73 Å². The summed E-state index contributed by atoms with van der Waals surface area (Å²) in [5, 5.41) is 1.94.